The van der Waals surface area contributed by atoms with E-state index < -0.39 is 0 Å². The molecule has 126 valence electrons. The third kappa shape index (κ3) is 2.70. The summed E-state index contributed by atoms with van der Waals surface area (Å²) in [4.78, 5) is 5.77. The number of hydrogen-bond acceptors (Lipinski definition) is 5. The van der Waals surface area contributed by atoms with Gasteiger partial charge in [0.25, 0.3) is 0 Å². The lowest BCUT2D eigenvalue weighted by Crippen LogP contribution is -2.03. The van der Waals surface area contributed by atoms with E-state index in [4.69, 9.17) is 23.2 Å². The van der Waals surface area contributed by atoms with Gasteiger partial charge < -0.3 is 25.3 Å². The predicted octanol–water partition coefficient (Wildman–Crippen LogP) is 2.25. The second-order valence-electron chi connectivity index (χ2n) is 5.04. The summed E-state index contributed by atoms with van der Waals surface area (Å²) in [5.41, 5.74) is 2.95. The molecule has 0 saturated heterocycles. The van der Waals surface area contributed by atoms with Crippen LogP contribution in [0.1, 0.15) is 16.7 Å². The van der Waals surface area contributed by atoms with Crippen molar-refractivity contribution in [1.82, 2.24) is 20.2 Å². The van der Waals surface area contributed by atoms with Crippen molar-refractivity contribution >= 4 is 23.2 Å². The molecule has 0 aliphatic heterocycles. The minimum absolute atomic E-state index is 0.249. The van der Waals surface area contributed by atoms with Gasteiger partial charge in [-0.15, -0.1) is 10.2 Å². The Balaban J connectivity index is 2.23. The van der Waals surface area contributed by atoms with Crippen LogP contribution in [0.2, 0.25) is 10.2 Å². The van der Waals surface area contributed by atoms with Gasteiger partial charge in [0.15, 0.2) is 5.82 Å². The molecule has 0 aliphatic carbocycles. The van der Waals surface area contributed by atoms with Crippen LogP contribution in [0.3, 0.4) is 0 Å². The van der Waals surface area contributed by atoms with Gasteiger partial charge in [0.2, 0.25) is 0 Å². The smallest absolute Gasteiger partial charge is 0.179 e. The molecular formula is C15H14Cl2N4O3. The number of hydrogen-bond donors (Lipinski definition) is 5. The van der Waals surface area contributed by atoms with Crippen molar-refractivity contribution in [2.45, 2.75) is 19.8 Å². The molecule has 3 aromatic rings. The minimum atomic E-state index is -0.339. The molecule has 0 atom stereocenters. The van der Waals surface area contributed by atoms with Gasteiger partial charge >= 0.3 is 0 Å². The lowest BCUT2D eigenvalue weighted by molar-refractivity contribution is 0.248. The number of aliphatic hydroxyl groups excluding tert-OH is 3. The number of aromatic nitrogens is 4. The van der Waals surface area contributed by atoms with E-state index in [1.54, 1.807) is 12.1 Å². The summed E-state index contributed by atoms with van der Waals surface area (Å²) in [6.07, 6.45) is 1.42. The maximum absolute atomic E-state index is 9.77. The van der Waals surface area contributed by atoms with Crippen molar-refractivity contribution in [1.29, 1.82) is 0 Å². The highest BCUT2D eigenvalue weighted by atomic mass is 35.5. The van der Waals surface area contributed by atoms with Gasteiger partial charge in [0.05, 0.1) is 24.8 Å². The van der Waals surface area contributed by atoms with Crippen LogP contribution >= 0.6 is 23.2 Å². The highest BCUT2D eigenvalue weighted by molar-refractivity contribution is 6.41. The van der Waals surface area contributed by atoms with E-state index in [-0.39, 0.29) is 25.0 Å². The van der Waals surface area contributed by atoms with Crippen LogP contribution in [0.15, 0.2) is 18.5 Å². The zero-order valence-corrected chi connectivity index (χ0v) is 13.9. The topological polar surface area (TPSA) is 118 Å². The van der Waals surface area contributed by atoms with Crippen molar-refractivity contribution in [3.63, 3.8) is 0 Å². The molecule has 2 aromatic heterocycles. The van der Waals surface area contributed by atoms with Crippen LogP contribution in [0.5, 0.6) is 0 Å². The van der Waals surface area contributed by atoms with Crippen molar-refractivity contribution in [3.05, 3.63) is 45.3 Å². The molecule has 0 aliphatic rings. The van der Waals surface area contributed by atoms with Crippen LogP contribution in [-0.2, 0) is 19.8 Å². The van der Waals surface area contributed by atoms with E-state index in [1.165, 1.54) is 6.33 Å². The van der Waals surface area contributed by atoms with E-state index >= 15 is 0 Å². The fraction of sp³-hybridized carbons (Fsp3) is 0.200. The first-order chi connectivity index (χ1) is 11.6. The Bertz CT molecular complexity index is 862. The highest BCUT2D eigenvalue weighted by Crippen LogP contribution is 2.42. The number of aliphatic hydroxyl groups is 3. The van der Waals surface area contributed by atoms with Gasteiger partial charge in [-0.3, -0.25) is 0 Å². The maximum atomic E-state index is 9.77. The van der Waals surface area contributed by atoms with Crippen molar-refractivity contribution < 1.29 is 15.3 Å². The first-order valence-corrected chi connectivity index (χ1v) is 7.77. The summed E-state index contributed by atoms with van der Waals surface area (Å²) in [5, 5.41) is 37.0. The first kappa shape index (κ1) is 16.9. The standard InChI is InChI=1S/C15H14Cl2N4O3/c16-12-11(14(17)20-13(12)15-18-6-19-21-15)8-2-1-7(3-22)9(4-23)10(8)5-24/h1-2,6,20,22-24H,3-5H2,(H,18,19,21). The van der Waals surface area contributed by atoms with E-state index in [0.717, 1.165) is 0 Å². The SMILES string of the molecule is OCc1ccc(-c2c(Cl)[nH]c(-c3nnc[nH]3)c2Cl)c(CO)c1CO. The van der Waals surface area contributed by atoms with Gasteiger partial charge in [-0.1, -0.05) is 35.3 Å². The molecular weight excluding hydrogens is 355 g/mol. The number of nitrogens with zero attached hydrogens (tertiary/aromatic N) is 2. The second kappa shape index (κ2) is 6.92. The molecule has 9 heteroatoms. The molecule has 0 spiro atoms. The Morgan fingerprint density at radius 3 is 2.33 bits per heavy atom. The summed E-state index contributed by atoms with van der Waals surface area (Å²) < 4.78 is 0. The molecule has 0 unspecified atom stereocenters. The van der Waals surface area contributed by atoms with Crippen LogP contribution in [0.4, 0.5) is 0 Å². The monoisotopic (exact) mass is 368 g/mol. The van der Waals surface area contributed by atoms with E-state index in [9.17, 15) is 15.3 Å². The summed E-state index contributed by atoms with van der Waals surface area (Å²) >= 11 is 12.8. The summed E-state index contributed by atoms with van der Waals surface area (Å²) in [7, 11) is 0. The predicted molar refractivity (Wildman–Crippen MR) is 89.4 cm³/mol. The second-order valence-corrected chi connectivity index (χ2v) is 5.80. The highest BCUT2D eigenvalue weighted by Gasteiger charge is 2.23. The molecule has 2 heterocycles. The lowest BCUT2D eigenvalue weighted by atomic mass is 9.93. The summed E-state index contributed by atoms with van der Waals surface area (Å²) in [6.45, 7) is -0.913. The fourth-order valence-corrected chi connectivity index (χ4v) is 3.35. The van der Waals surface area contributed by atoms with E-state index in [2.05, 4.69) is 20.2 Å². The van der Waals surface area contributed by atoms with Crippen LogP contribution in [0, 0.1) is 0 Å². The maximum Gasteiger partial charge on any atom is 0.179 e. The molecule has 0 fully saturated rings. The van der Waals surface area contributed by atoms with Crippen molar-refractivity contribution in [2.75, 3.05) is 0 Å². The van der Waals surface area contributed by atoms with Gasteiger partial charge in [0, 0.05) is 5.56 Å². The molecule has 3 rings (SSSR count). The third-order valence-electron chi connectivity index (χ3n) is 3.83. The zero-order chi connectivity index (χ0) is 17.3. The quantitative estimate of drug-likeness (QED) is 0.473. The van der Waals surface area contributed by atoms with E-state index in [1.807, 2.05) is 0 Å². The number of halogens is 2. The molecule has 0 amide bonds. The minimum Gasteiger partial charge on any atom is -0.392 e. The summed E-state index contributed by atoms with van der Waals surface area (Å²) in [6, 6.07) is 3.36. The first-order valence-electron chi connectivity index (χ1n) is 7.02. The van der Waals surface area contributed by atoms with Crippen LogP contribution in [0.25, 0.3) is 22.6 Å². The fourth-order valence-electron chi connectivity index (χ4n) is 2.68. The zero-order valence-electron chi connectivity index (χ0n) is 12.3. The van der Waals surface area contributed by atoms with Gasteiger partial charge in [-0.05, 0) is 22.3 Å². The Labute approximate surface area is 146 Å². The molecule has 5 N–H and O–H groups in total. The lowest BCUT2D eigenvalue weighted by Gasteiger charge is -2.15. The molecule has 0 saturated carbocycles. The van der Waals surface area contributed by atoms with Crippen molar-refractivity contribution in [2.24, 2.45) is 0 Å². The van der Waals surface area contributed by atoms with Gasteiger partial charge in [-0.2, -0.15) is 0 Å². The molecule has 0 bridgehead atoms. The van der Waals surface area contributed by atoms with Gasteiger partial charge in [-0.25, -0.2) is 0 Å². The van der Waals surface area contributed by atoms with E-state index in [0.29, 0.717) is 44.4 Å². The van der Waals surface area contributed by atoms with Crippen molar-refractivity contribution in [3.8, 4) is 22.6 Å². The number of aromatic amines is 2. The third-order valence-corrected chi connectivity index (χ3v) is 4.49. The number of rotatable bonds is 5. The number of H-pyrrole nitrogens is 2. The summed E-state index contributed by atoms with van der Waals surface area (Å²) in [5.74, 6) is 0.424. The average Bonchev–Trinajstić information content (AvgIpc) is 3.21. The molecule has 24 heavy (non-hydrogen) atoms. The Kier molecular flexibility index (Phi) is 4.88. The molecule has 7 nitrogen and oxygen atoms in total. The number of nitrogens with one attached hydrogen (secondary N) is 2. The average molecular weight is 369 g/mol. The van der Waals surface area contributed by atoms with Crippen LogP contribution in [-0.4, -0.2) is 35.5 Å². The normalized spacial score (nSPS) is 11.2. The Morgan fingerprint density at radius 1 is 1.00 bits per heavy atom. The Hall–Kier alpha value is -1.90. The van der Waals surface area contributed by atoms with Gasteiger partial charge in [0.1, 0.15) is 17.2 Å². The van der Waals surface area contributed by atoms with Crippen LogP contribution < -0.4 is 0 Å². The largest absolute Gasteiger partial charge is 0.392 e. The number of benzene rings is 1. The molecule has 1 aromatic carbocycles. The Morgan fingerprint density at radius 2 is 1.75 bits per heavy atom. The molecule has 0 radical (unpaired) electrons.